The summed E-state index contributed by atoms with van der Waals surface area (Å²) >= 11 is 0. The van der Waals surface area contributed by atoms with Crippen LogP contribution < -0.4 is 9.47 Å². The quantitative estimate of drug-likeness (QED) is 0.436. The molecule has 7 heteroatoms. The molecule has 198 valence electrons. The lowest BCUT2D eigenvalue weighted by Gasteiger charge is -2.32. The number of hydrogen-bond donors (Lipinski definition) is 1. The minimum atomic E-state index is -1.21. The smallest absolute Gasteiger partial charge is 0.312 e. The summed E-state index contributed by atoms with van der Waals surface area (Å²) in [5, 5.41) is 9.46. The molecule has 2 aromatic carbocycles. The molecular weight excluding hydrogens is 470 g/mol. The maximum absolute atomic E-state index is 12.9. The van der Waals surface area contributed by atoms with Crippen molar-refractivity contribution in [1.29, 1.82) is 0 Å². The maximum atomic E-state index is 12.9. The minimum absolute atomic E-state index is 0.209. The first-order chi connectivity index (χ1) is 17.7. The first-order valence-corrected chi connectivity index (χ1v) is 12.9. The van der Waals surface area contributed by atoms with Crippen LogP contribution in [-0.2, 0) is 27.3 Å². The summed E-state index contributed by atoms with van der Waals surface area (Å²) in [4.78, 5) is 26.9. The summed E-state index contributed by atoms with van der Waals surface area (Å²) in [6.45, 7) is 6.09. The van der Waals surface area contributed by atoms with Crippen molar-refractivity contribution in [1.82, 2.24) is 4.90 Å². The second-order valence-corrected chi connectivity index (χ2v) is 10.7. The Bertz CT molecular complexity index is 1160. The fraction of sp³-hybridized carbons (Fsp3) is 0.467. The molecule has 0 unspecified atom stereocenters. The van der Waals surface area contributed by atoms with Crippen LogP contribution >= 0.6 is 0 Å². The molecule has 1 aliphatic heterocycles. The van der Waals surface area contributed by atoms with Gasteiger partial charge in [0.1, 0.15) is 5.76 Å². The third-order valence-corrected chi connectivity index (χ3v) is 7.45. The zero-order chi connectivity index (χ0) is 26.6. The van der Waals surface area contributed by atoms with Gasteiger partial charge in [-0.1, -0.05) is 30.3 Å². The van der Waals surface area contributed by atoms with Gasteiger partial charge in [0, 0.05) is 12.1 Å². The predicted octanol–water partition coefficient (Wildman–Crippen LogP) is 5.32. The summed E-state index contributed by atoms with van der Waals surface area (Å²) < 4.78 is 16.9. The number of carboxylic acids is 1. The lowest BCUT2D eigenvalue weighted by molar-refractivity contribution is -0.153. The number of nitrogens with zero attached hydrogens (tertiary/aromatic N) is 1. The molecule has 2 aliphatic rings. The van der Waals surface area contributed by atoms with Crippen LogP contribution in [0, 0.1) is 11.3 Å². The number of ether oxygens (including phenoxy) is 3. The molecule has 0 atom stereocenters. The van der Waals surface area contributed by atoms with Crippen LogP contribution in [0.15, 0.2) is 48.0 Å². The zero-order valence-corrected chi connectivity index (χ0v) is 22.2. The van der Waals surface area contributed by atoms with Gasteiger partial charge >= 0.3 is 11.9 Å². The lowest BCUT2D eigenvalue weighted by atomic mass is 9.89. The van der Waals surface area contributed by atoms with Crippen LogP contribution in [0.3, 0.4) is 0 Å². The van der Waals surface area contributed by atoms with Gasteiger partial charge in [-0.2, -0.15) is 0 Å². The Balaban J connectivity index is 1.51. The number of likely N-dealkylation sites (tertiary alicyclic amines) is 1. The van der Waals surface area contributed by atoms with Gasteiger partial charge in [0.2, 0.25) is 0 Å². The van der Waals surface area contributed by atoms with Gasteiger partial charge in [-0.05, 0) is 87.4 Å². The number of benzene rings is 2. The molecule has 1 aliphatic carbocycles. The van der Waals surface area contributed by atoms with E-state index in [0.717, 1.165) is 55.6 Å². The van der Waals surface area contributed by atoms with Crippen molar-refractivity contribution in [3.63, 3.8) is 0 Å². The lowest BCUT2D eigenvalue weighted by Crippen LogP contribution is -2.33. The standard InChI is InChI=1S/C30H37NO6/c1-30(2,29(33)34)18-27(32)37-28-23(15-22-16-25(35-3)26(36-4)17-24(22)28)14-20-10-12-31(13-11-20)19-21-8-6-5-7-9-21/h5-9,16-17,20H,10-15,18-19H2,1-4H3,(H,33,34). The third kappa shape index (κ3) is 6.34. The second-order valence-electron chi connectivity index (χ2n) is 10.7. The van der Waals surface area contributed by atoms with E-state index in [1.165, 1.54) is 19.4 Å². The number of piperidine rings is 1. The largest absolute Gasteiger partial charge is 0.493 e. The number of aliphatic carboxylic acids is 1. The van der Waals surface area contributed by atoms with E-state index in [1.54, 1.807) is 14.2 Å². The summed E-state index contributed by atoms with van der Waals surface area (Å²) in [7, 11) is 3.18. The number of carbonyl (C=O) groups excluding carboxylic acids is 1. The molecule has 1 fully saturated rings. The van der Waals surface area contributed by atoms with Gasteiger partial charge in [0.15, 0.2) is 11.5 Å². The number of allylic oxidation sites excluding steroid dienone is 1. The van der Waals surface area contributed by atoms with Gasteiger partial charge < -0.3 is 19.3 Å². The highest BCUT2D eigenvalue weighted by molar-refractivity contribution is 5.87. The first-order valence-electron chi connectivity index (χ1n) is 12.9. The van der Waals surface area contributed by atoms with Gasteiger partial charge in [-0.3, -0.25) is 14.5 Å². The van der Waals surface area contributed by atoms with Gasteiger partial charge in [-0.25, -0.2) is 0 Å². The summed E-state index contributed by atoms with van der Waals surface area (Å²) in [6, 6.07) is 14.3. The highest BCUT2D eigenvalue weighted by Crippen LogP contribution is 2.43. The average Bonchev–Trinajstić information content (AvgIpc) is 3.19. The number of fused-ring (bicyclic) bond motifs is 1. The molecule has 7 nitrogen and oxygen atoms in total. The summed E-state index contributed by atoms with van der Waals surface area (Å²) in [5.74, 6) is 0.669. The van der Waals surface area contributed by atoms with Crippen LogP contribution in [0.1, 0.15) is 56.2 Å². The molecule has 1 saturated heterocycles. The highest BCUT2D eigenvalue weighted by Gasteiger charge is 2.34. The fourth-order valence-corrected chi connectivity index (χ4v) is 5.20. The van der Waals surface area contributed by atoms with Crippen LogP contribution in [0.25, 0.3) is 5.76 Å². The van der Waals surface area contributed by atoms with E-state index in [0.29, 0.717) is 29.6 Å². The van der Waals surface area contributed by atoms with Crippen LogP contribution in [0.4, 0.5) is 0 Å². The molecule has 0 saturated carbocycles. The fourth-order valence-electron chi connectivity index (χ4n) is 5.20. The number of rotatable bonds is 10. The second kappa shape index (κ2) is 11.4. The number of carboxylic acid groups (broad SMARTS) is 1. The van der Waals surface area contributed by atoms with Crippen molar-refractivity contribution in [2.45, 2.75) is 52.5 Å². The highest BCUT2D eigenvalue weighted by atomic mass is 16.5. The Labute approximate surface area is 219 Å². The van der Waals surface area contributed by atoms with E-state index in [9.17, 15) is 14.7 Å². The van der Waals surface area contributed by atoms with Crippen LogP contribution in [0.5, 0.6) is 11.5 Å². The van der Waals surface area contributed by atoms with Crippen molar-refractivity contribution in [3.8, 4) is 11.5 Å². The van der Waals surface area contributed by atoms with Crippen LogP contribution in [0.2, 0.25) is 0 Å². The van der Waals surface area contributed by atoms with Gasteiger partial charge in [0.05, 0.1) is 26.1 Å². The third-order valence-electron chi connectivity index (χ3n) is 7.45. The molecule has 37 heavy (non-hydrogen) atoms. The predicted molar refractivity (Wildman–Crippen MR) is 141 cm³/mol. The first kappa shape index (κ1) is 26.7. The molecule has 0 bridgehead atoms. The molecule has 2 aromatic rings. The Hall–Kier alpha value is -3.32. The van der Waals surface area contributed by atoms with Crippen molar-refractivity contribution in [2.24, 2.45) is 11.3 Å². The van der Waals surface area contributed by atoms with Gasteiger partial charge in [0.25, 0.3) is 0 Å². The molecule has 0 spiro atoms. The Kier molecular flexibility index (Phi) is 8.22. The Morgan fingerprint density at radius 3 is 2.30 bits per heavy atom. The average molecular weight is 508 g/mol. The molecule has 0 amide bonds. The normalized spacial score (nSPS) is 16.4. The molecule has 0 radical (unpaired) electrons. The Morgan fingerprint density at radius 2 is 1.68 bits per heavy atom. The van der Waals surface area contributed by atoms with Crippen molar-refractivity contribution >= 4 is 17.7 Å². The van der Waals surface area contributed by atoms with Gasteiger partial charge in [-0.15, -0.1) is 0 Å². The van der Waals surface area contributed by atoms with E-state index in [1.807, 2.05) is 18.2 Å². The van der Waals surface area contributed by atoms with Crippen LogP contribution in [-0.4, -0.2) is 49.3 Å². The summed E-state index contributed by atoms with van der Waals surface area (Å²) in [6.07, 6.45) is 3.45. The molecule has 1 N–H and O–H groups in total. The van der Waals surface area contributed by atoms with E-state index in [-0.39, 0.29) is 6.42 Å². The number of carbonyl (C=O) groups is 2. The number of methoxy groups -OCH3 is 2. The molecule has 0 aromatic heterocycles. The minimum Gasteiger partial charge on any atom is -0.493 e. The molecular formula is C30H37NO6. The van der Waals surface area contributed by atoms with E-state index in [4.69, 9.17) is 14.2 Å². The van der Waals surface area contributed by atoms with E-state index < -0.39 is 17.4 Å². The maximum Gasteiger partial charge on any atom is 0.312 e. The monoisotopic (exact) mass is 507 g/mol. The topological polar surface area (TPSA) is 85.3 Å². The van der Waals surface area contributed by atoms with Crippen molar-refractivity contribution < 1.29 is 28.9 Å². The number of hydrogen-bond acceptors (Lipinski definition) is 6. The SMILES string of the molecule is COc1cc2c(cc1OC)C(OC(=O)CC(C)(C)C(=O)O)=C(CC1CCN(Cc3ccccc3)CC1)C2. The van der Waals surface area contributed by atoms with E-state index in [2.05, 4.69) is 29.2 Å². The Morgan fingerprint density at radius 1 is 1.03 bits per heavy atom. The summed E-state index contributed by atoms with van der Waals surface area (Å²) in [5.41, 5.74) is 3.04. The number of esters is 1. The van der Waals surface area contributed by atoms with E-state index >= 15 is 0 Å². The van der Waals surface area contributed by atoms with Crippen molar-refractivity contribution in [2.75, 3.05) is 27.3 Å². The molecule has 4 rings (SSSR count). The zero-order valence-electron chi connectivity index (χ0n) is 22.2. The van der Waals surface area contributed by atoms with Crippen molar-refractivity contribution in [3.05, 3.63) is 64.7 Å². The molecule has 1 heterocycles.